The molecule has 1 aromatic carbocycles. The van der Waals surface area contributed by atoms with Gasteiger partial charge in [0.05, 0.1) is 22.4 Å². The average Bonchev–Trinajstić information content (AvgIpc) is 2.28. The molecule has 0 bridgehead atoms. The molecule has 3 rings (SSSR count). The number of hydrogen-bond donors (Lipinski definition) is 0. The second-order valence-electron chi connectivity index (χ2n) is 3.75. The highest BCUT2D eigenvalue weighted by Gasteiger charge is 2.05. The van der Waals surface area contributed by atoms with Crippen molar-refractivity contribution in [1.82, 2.24) is 19.9 Å². The highest BCUT2D eigenvalue weighted by atomic mass is 15.0. The Morgan fingerprint density at radius 3 is 1.56 bits per heavy atom. The molecule has 0 aliphatic rings. The number of para-hydroxylation sites is 2. The van der Waals surface area contributed by atoms with Gasteiger partial charge in [-0.25, -0.2) is 19.9 Å². The molecule has 0 aliphatic heterocycles. The number of benzene rings is 1. The van der Waals surface area contributed by atoms with E-state index in [4.69, 9.17) is 0 Å². The summed E-state index contributed by atoms with van der Waals surface area (Å²) in [6, 6.07) is 7.74. The highest BCUT2D eigenvalue weighted by Crippen LogP contribution is 2.14. The van der Waals surface area contributed by atoms with Gasteiger partial charge in [0.2, 0.25) is 0 Å². The average molecular weight is 210 g/mol. The topological polar surface area (TPSA) is 51.6 Å². The highest BCUT2D eigenvalue weighted by molar-refractivity contribution is 5.82. The number of aryl methyl sites for hydroxylation is 2. The van der Waals surface area contributed by atoms with Gasteiger partial charge in [0, 0.05) is 0 Å². The maximum absolute atomic E-state index is 4.44. The Hall–Kier alpha value is -2.10. The van der Waals surface area contributed by atoms with Gasteiger partial charge in [0.25, 0.3) is 0 Å². The van der Waals surface area contributed by atoms with E-state index in [0.717, 1.165) is 22.4 Å². The SMILES string of the molecule is Cc1nc2nc3ccccc3nc2nc1C. The molecule has 78 valence electrons. The van der Waals surface area contributed by atoms with Crippen molar-refractivity contribution in [3.05, 3.63) is 35.7 Å². The summed E-state index contributed by atoms with van der Waals surface area (Å²) in [5, 5.41) is 0. The van der Waals surface area contributed by atoms with Crippen LogP contribution in [0.15, 0.2) is 24.3 Å². The summed E-state index contributed by atoms with van der Waals surface area (Å²) in [4.78, 5) is 17.7. The Balaban J connectivity index is 2.46. The quantitative estimate of drug-likeness (QED) is 0.534. The van der Waals surface area contributed by atoms with Crippen LogP contribution in [-0.2, 0) is 0 Å². The van der Waals surface area contributed by atoms with Crippen LogP contribution in [0.3, 0.4) is 0 Å². The number of fused-ring (bicyclic) bond motifs is 2. The lowest BCUT2D eigenvalue weighted by Crippen LogP contribution is -1.98. The van der Waals surface area contributed by atoms with E-state index in [9.17, 15) is 0 Å². The predicted octanol–water partition coefficient (Wildman–Crippen LogP) is 2.19. The number of hydrogen-bond acceptors (Lipinski definition) is 4. The first-order valence-corrected chi connectivity index (χ1v) is 5.12. The van der Waals surface area contributed by atoms with Gasteiger partial charge in [-0.2, -0.15) is 0 Å². The van der Waals surface area contributed by atoms with Crippen LogP contribution < -0.4 is 0 Å². The second kappa shape index (κ2) is 3.20. The van der Waals surface area contributed by atoms with Crippen LogP contribution >= 0.6 is 0 Å². The number of aromatic nitrogens is 4. The molecule has 16 heavy (non-hydrogen) atoms. The molecule has 0 spiro atoms. The molecule has 4 nitrogen and oxygen atoms in total. The molecular formula is C12H10N4. The summed E-state index contributed by atoms with van der Waals surface area (Å²) in [7, 11) is 0. The number of rotatable bonds is 0. The van der Waals surface area contributed by atoms with Gasteiger partial charge in [-0.3, -0.25) is 0 Å². The van der Waals surface area contributed by atoms with Crippen LogP contribution in [-0.4, -0.2) is 19.9 Å². The molecule has 0 atom stereocenters. The van der Waals surface area contributed by atoms with Gasteiger partial charge in [0.15, 0.2) is 11.3 Å². The zero-order valence-electron chi connectivity index (χ0n) is 9.10. The molecular weight excluding hydrogens is 200 g/mol. The first-order valence-electron chi connectivity index (χ1n) is 5.12. The molecule has 0 saturated carbocycles. The van der Waals surface area contributed by atoms with Crippen LogP contribution in [0, 0.1) is 13.8 Å². The van der Waals surface area contributed by atoms with Gasteiger partial charge < -0.3 is 0 Å². The Morgan fingerprint density at radius 2 is 1.12 bits per heavy atom. The Kier molecular flexibility index (Phi) is 1.83. The Bertz CT molecular complexity index is 631. The van der Waals surface area contributed by atoms with Crippen molar-refractivity contribution in [3.63, 3.8) is 0 Å². The van der Waals surface area contributed by atoms with Crippen LogP contribution in [0.25, 0.3) is 22.3 Å². The van der Waals surface area contributed by atoms with Crippen molar-refractivity contribution < 1.29 is 0 Å². The summed E-state index contributed by atoms with van der Waals surface area (Å²) >= 11 is 0. The van der Waals surface area contributed by atoms with Crippen LogP contribution in [0.1, 0.15) is 11.4 Å². The van der Waals surface area contributed by atoms with E-state index in [0.29, 0.717) is 11.3 Å². The maximum atomic E-state index is 4.44. The monoisotopic (exact) mass is 210 g/mol. The van der Waals surface area contributed by atoms with Crippen molar-refractivity contribution >= 4 is 22.3 Å². The van der Waals surface area contributed by atoms with Crippen molar-refractivity contribution in [2.24, 2.45) is 0 Å². The largest absolute Gasteiger partial charge is 0.229 e. The van der Waals surface area contributed by atoms with E-state index >= 15 is 0 Å². The minimum Gasteiger partial charge on any atom is -0.229 e. The van der Waals surface area contributed by atoms with Crippen LogP contribution in [0.5, 0.6) is 0 Å². The molecule has 0 radical (unpaired) electrons. The van der Waals surface area contributed by atoms with E-state index < -0.39 is 0 Å². The van der Waals surface area contributed by atoms with E-state index in [1.165, 1.54) is 0 Å². The molecule has 2 aromatic heterocycles. The molecule has 0 fully saturated rings. The lowest BCUT2D eigenvalue weighted by atomic mass is 10.3. The Morgan fingerprint density at radius 1 is 0.688 bits per heavy atom. The van der Waals surface area contributed by atoms with Crippen LogP contribution in [0.4, 0.5) is 0 Å². The standard InChI is InChI=1S/C12H10N4/c1-7-8(2)14-12-11(13-7)15-9-5-3-4-6-10(9)16-12/h3-6H,1-2H3. The first kappa shape index (κ1) is 9.15. The summed E-state index contributed by atoms with van der Waals surface area (Å²) in [5.41, 5.74) is 4.73. The van der Waals surface area contributed by atoms with Gasteiger partial charge in [-0.15, -0.1) is 0 Å². The fraction of sp³-hybridized carbons (Fsp3) is 0.167. The molecule has 0 amide bonds. The fourth-order valence-electron chi connectivity index (χ4n) is 1.61. The van der Waals surface area contributed by atoms with Crippen molar-refractivity contribution in [3.8, 4) is 0 Å². The minimum absolute atomic E-state index is 0.613. The van der Waals surface area contributed by atoms with Gasteiger partial charge in [0.1, 0.15) is 0 Å². The van der Waals surface area contributed by atoms with Crippen molar-refractivity contribution in [2.75, 3.05) is 0 Å². The molecule has 2 heterocycles. The molecule has 4 heteroatoms. The second-order valence-corrected chi connectivity index (χ2v) is 3.75. The number of nitrogens with zero attached hydrogens (tertiary/aromatic N) is 4. The lowest BCUT2D eigenvalue weighted by molar-refractivity contribution is 1.07. The fourth-order valence-corrected chi connectivity index (χ4v) is 1.61. The van der Waals surface area contributed by atoms with Gasteiger partial charge in [-0.05, 0) is 26.0 Å². The molecule has 0 saturated heterocycles. The third-order valence-electron chi connectivity index (χ3n) is 2.61. The summed E-state index contributed by atoms with van der Waals surface area (Å²) < 4.78 is 0. The molecule has 0 unspecified atom stereocenters. The molecule has 0 N–H and O–H groups in total. The summed E-state index contributed by atoms with van der Waals surface area (Å²) in [5.74, 6) is 0. The first-order chi connectivity index (χ1) is 7.74. The van der Waals surface area contributed by atoms with Gasteiger partial charge in [-0.1, -0.05) is 12.1 Å². The zero-order chi connectivity index (χ0) is 11.1. The normalized spacial score (nSPS) is 11.1. The summed E-state index contributed by atoms with van der Waals surface area (Å²) in [6.45, 7) is 3.86. The van der Waals surface area contributed by atoms with E-state index in [2.05, 4.69) is 19.9 Å². The Labute approximate surface area is 92.4 Å². The van der Waals surface area contributed by atoms with E-state index in [1.807, 2.05) is 38.1 Å². The van der Waals surface area contributed by atoms with Crippen molar-refractivity contribution in [2.45, 2.75) is 13.8 Å². The van der Waals surface area contributed by atoms with E-state index in [1.54, 1.807) is 0 Å². The smallest absolute Gasteiger partial charge is 0.198 e. The van der Waals surface area contributed by atoms with Crippen LogP contribution in [0.2, 0.25) is 0 Å². The zero-order valence-corrected chi connectivity index (χ0v) is 9.10. The third kappa shape index (κ3) is 1.31. The lowest BCUT2D eigenvalue weighted by Gasteiger charge is -2.02. The molecule has 0 aliphatic carbocycles. The third-order valence-corrected chi connectivity index (χ3v) is 2.61. The van der Waals surface area contributed by atoms with Gasteiger partial charge >= 0.3 is 0 Å². The summed E-state index contributed by atoms with van der Waals surface area (Å²) in [6.07, 6.45) is 0. The maximum Gasteiger partial charge on any atom is 0.198 e. The molecule has 3 aromatic rings. The van der Waals surface area contributed by atoms with Crippen molar-refractivity contribution in [1.29, 1.82) is 0 Å². The predicted molar refractivity (Wildman–Crippen MR) is 62.1 cm³/mol. The van der Waals surface area contributed by atoms with E-state index in [-0.39, 0.29) is 0 Å². The minimum atomic E-state index is 0.613.